The molecule has 2 N–H and O–H groups in total. The summed E-state index contributed by atoms with van der Waals surface area (Å²) in [6.45, 7) is 12.6. The van der Waals surface area contributed by atoms with Crippen molar-refractivity contribution in [3.05, 3.63) is 41.5 Å². The molecule has 1 aromatic heterocycles. The van der Waals surface area contributed by atoms with Crippen LogP contribution in [0.3, 0.4) is 0 Å². The molecule has 0 spiro atoms. The van der Waals surface area contributed by atoms with Crippen LogP contribution in [-0.4, -0.2) is 46.9 Å². The van der Waals surface area contributed by atoms with Crippen molar-refractivity contribution in [3.63, 3.8) is 0 Å². The van der Waals surface area contributed by atoms with Crippen molar-refractivity contribution in [3.8, 4) is 0 Å². The molecule has 0 aliphatic heterocycles. The minimum Gasteiger partial charge on any atom is -0.370 e. The van der Waals surface area contributed by atoms with Gasteiger partial charge in [-0.3, -0.25) is 0 Å². The highest BCUT2D eigenvalue weighted by Crippen LogP contribution is 2.14. The van der Waals surface area contributed by atoms with Gasteiger partial charge < -0.3 is 20.1 Å². The van der Waals surface area contributed by atoms with E-state index in [1.54, 1.807) is 0 Å². The van der Waals surface area contributed by atoms with Gasteiger partial charge in [-0.2, -0.15) is 0 Å². The Hall–Kier alpha value is -1.84. The number of aromatic nitrogens is 3. The zero-order valence-corrected chi connectivity index (χ0v) is 20.7. The molecule has 0 unspecified atom stereocenters. The van der Waals surface area contributed by atoms with Crippen LogP contribution in [-0.2, 0) is 13.6 Å². The molecule has 7 nitrogen and oxygen atoms in total. The van der Waals surface area contributed by atoms with Crippen LogP contribution in [0.4, 0.5) is 5.69 Å². The molecular weight excluding hydrogens is 477 g/mol. The van der Waals surface area contributed by atoms with E-state index in [1.165, 1.54) is 11.3 Å². The van der Waals surface area contributed by atoms with Crippen molar-refractivity contribution in [2.45, 2.75) is 47.1 Å². The molecule has 0 saturated carbocycles. The van der Waals surface area contributed by atoms with Gasteiger partial charge in [-0.15, -0.1) is 34.2 Å². The third-order valence-corrected chi connectivity index (χ3v) is 4.81. The average Bonchev–Trinajstić information content (AvgIpc) is 3.01. The fourth-order valence-electron chi connectivity index (χ4n) is 2.90. The Balaban J connectivity index is 0.00000420. The van der Waals surface area contributed by atoms with Crippen LogP contribution >= 0.6 is 24.0 Å². The van der Waals surface area contributed by atoms with Crippen LogP contribution in [0.2, 0.25) is 0 Å². The lowest BCUT2D eigenvalue weighted by Gasteiger charge is -2.24. The van der Waals surface area contributed by atoms with Gasteiger partial charge >= 0.3 is 0 Å². The number of anilines is 1. The number of aryl methyl sites for hydroxylation is 2. The van der Waals surface area contributed by atoms with Gasteiger partial charge in [-0.1, -0.05) is 25.5 Å². The number of rotatable bonds is 10. The Morgan fingerprint density at radius 2 is 1.90 bits per heavy atom. The highest BCUT2D eigenvalue weighted by atomic mass is 127. The van der Waals surface area contributed by atoms with E-state index in [-0.39, 0.29) is 24.0 Å². The molecule has 0 aliphatic rings. The summed E-state index contributed by atoms with van der Waals surface area (Å²) in [5, 5.41) is 15.2. The van der Waals surface area contributed by atoms with Gasteiger partial charge in [0.1, 0.15) is 12.4 Å². The zero-order chi connectivity index (χ0) is 20.4. The van der Waals surface area contributed by atoms with E-state index in [1.807, 2.05) is 18.5 Å². The minimum atomic E-state index is 0. The predicted molar refractivity (Wildman–Crippen MR) is 132 cm³/mol. The Labute approximate surface area is 192 Å². The highest BCUT2D eigenvalue weighted by Gasteiger charge is 2.07. The Morgan fingerprint density at radius 1 is 1.14 bits per heavy atom. The second-order valence-corrected chi connectivity index (χ2v) is 7.01. The first-order valence-electron chi connectivity index (χ1n) is 10.2. The summed E-state index contributed by atoms with van der Waals surface area (Å²) in [4.78, 5) is 7.07. The van der Waals surface area contributed by atoms with E-state index in [4.69, 9.17) is 4.99 Å². The number of halogens is 1. The molecule has 0 aliphatic carbocycles. The van der Waals surface area contributed by atoms with Gasteiger partial charge in [0, 0.05) is 38.9 Å². The van der Waals surface area contributed by atoms with Gasteiger partial charge in [-0.05, 0) is 44.9 Å². The highest BCUT2D eigenvalue weighted by molar-refractivity contribution is 14.0. The van der Waals surface area contributed by atoms with E-state index in [0.717, 1.165) is 56.6 Å². The molecule has 8 heteroatoms. The Bertz CT molecular complexity index is 757. The summed E-state index contributed by atoms with van der Waals surface area (Å²) in [7, 11) is 1.97. The molecule has 0 radical (unpaired) electrons. The number of hydrogen-bond acceptors (Lipinski definition) is 4. The largest absolute Gasteiger partial charge is 0.370 e. The molecule has 0 atom stereocenters. The van der Waals surface area contributed by atoms with Gasteiger partial charge in [0.25, 0.3) is 0 Å². The third-order valence-electron chi connectivity index (χ3n) is 4.81. The van der Waals surface area contributed by atoms with E-state index in [9.17, 15) is 0 Å². The van der Waals surface area contributed by atoms with Gasteiger partial charge in [-0.25, -0.2) is 4.99 Å². The summed E-state index contributed by atoms with van der Waals surface area (Å²) < 4.78 is 1.98. The quantitative estimate of drug-likeness (QED) is 0.221. The topological polar surface area (TPSA) is 70.4 Å². The number of unbranched alkanes of at least 4 members (excludes halogenated alkanes) is 1. The molecule has 0 saturated heterocycles. The number of nitrogens with one attached hydrogen (secondary N) is 2. The van der Waals surface area contributed by atoms with Crippen molar-refractivity contribution in [2.24, 2.45) is 12.0 Å². The lowest BCUT2D eigenvalue weighted by Crippen LogP contribution is -2.42. The van der Waals surface area contributed by atoms with E-state index in [0.29, 0.717) is 6.54 Å². The first-order chi connectivity index (χ1) is 13.5. The van der Waals surface area contributed by atoms with Gasteiger partial charge in [0.2, 0.25) is 0 Å². The van der Waals surface area contributed by atoms with Crippen LogP contribution in [0, 0.1) is 13.8 Å². The third kappa shape index (κ3) is 8.20. The first kappa shape index (κ1) is 25.2. The summed E-state index contributed by atoms with van der Waals surface area (Å²) >= 11 is 0. The van der Waals surface area contributed by atoms with Crippen molar-refractivity contribution in [1.82, 2.24) is 25.4 Å². The molecule has 2 aromatic rings. The minimum absolute atomic E-state index is 0. The summed E-state index contributed by atoms with van der Waals surface area (Å²) in [5.74, 6) is 2.59. The van der Waals surface area contributed by atoms with E-state index < -0.39 is 0 Å². The molecular formula is C21H36IN7. The second-order valence-electron chi connectivity index (χ2n) is 7.01. The zero-order valence-electron chi connectivity index (χ0n) is 18.4. The van der Waals surface area contributed by atoms with E-state index in [2.05, 4.69) is 70.8 Å². The molecule has 29 heavy (non-hydrogen) atoms. The van der Waals surface area contributed by atoms with Crippen molar-refractivity contribution in [2.75, 3.05) is 31.1 Å². The maximum atomic E-state index is 4.70. The number of nitrogens with zero attached hydrogens (tertiary/aromatic N) is 5. The predicted octanol–water partition coefficient (Wildman–Crippen LogP) is 3.41. The average molecular weight is 513 g/mol. The van der Waals surface area contributed by atoms with E-state index >= 15 is 0 Å². The van der Waals surface area contributed by atoms with Crippen molar-refractivity contribution >= 4 is 35.6 Å². The normalized spacial score (nSPS) is 11.1. The number of aliphatic imine (C=N–C) groups is 1. The fourth-order valence-corrected chi connectivity index (χ4v) is 2.90. The van der Waals surface area contributed by atoms with Crippen LogP contribution in [0.1, 0.15) is 43.9 Å². The molecule has 1 aromatic carbocycles. The SMILES string of the molecule is CCCCNC(=NCc1nnc(C)n1C)NCCN(CC)c1cccc(C)c1.I. The number of hydrogen-bond donors (Lipinski definition) is 2. The standard InChI is InChI=1S/C21H35N7.HI/c1-6-8-12-22-21(24-16-20-26-25-18(4)27(20)5)23-13-14-28(7-2)19-11-9-10-17(3)15-19;/h9-11,15H,6-8,12-14,16H2,1-5H3,(H2,22,23,24);1H. The Morgan fingerprint density at radius 3 is 2.52 bits per heavy atom. The maximum absolute atomic E-state index is 4.70. The van der Waals surface area contributed by atoms with Crippen molar-refractivity contribution in [1.29, 1.82) is 0 Å². The molecule has 1 heterocycles. The number of guanidine groups is 1. The number of benzene rings is 1. The van der Waals surface area contributed by atoms with Crippen LogP contribution in [0.15, 0.2) is 29.3 Å². The smallest absolute Gasteiger partial charge is 0.191 e. The maximum Gasteiger partial charge on any atom is 0.191 e. The lowest BCUT2D eigenvalue weighted by molar-refractivity contribution is 0.705. The van der Waals surface area contributed by atoms with Gasteiger partial charge in [0.15, 0.2) is 11.8 Å². The molecule has 162 valence electrons. The van der Waals surface area contributed by atoms with Crippen LogP contribution < -0.4 is 15.5 Å². The molecule has 0 amide bonds. The second kappa shape index (κ2) is 13.4. The van der Waals surface area contributed by atoms with Crippen LogP contribution in [0.5, 0.6) is 0 Å². The molecule has 2 rings (SSSR count). The number of likely N-dealkylation sites (N-methyl/N-ethyl adjacent to an activating group) is 1. The van der Waals surface area contributed by atoms with Gasteiger partial charge in [0.05, 0.1) is 0 Å². The summed E-state index contributed by atoms with van der Waals surface area (Å²) in [6, 6.07) is 8.64. The molecule has 0 fully saturated rings. The summed E-state index contributed by atoms with van der Waals surface area (Å²) in [5.41, 5.74) is 2.54. The monoisotopic (exact) mass is 513 g/mol. The Kier molecular flexibility index (Phi) is 11.6. The fraction of sp³-hybridized carbons (Fsp3) is 0.571. The van der Waals surface area contributed by atoms with Crippen molar-refractivity contribution < 1.29 is 0 Å². The molecule has 0 bridgehead atoms. The summed E-state index contributed by atoms with van der Waals surface area (Å²) in [6.07, 6.45) is 2.27. The lowest BCUT2D eigenvalue weighted by atomic mass is 10.2. The first-order valence-corrected chi connectivity index (χ1v) is 10.2. The van der Waals surface area contributed by atoms with Crippen LogP contribution in [0.25, 0.3) is 0 Å².